The fourth-order valence-electron chi connectivity index (χ4n) is 4.01. The molecule has 1 atom stereocenters. The Kier molecular flexibility index (Phi) is 7.50. The Morgan fingerprint density at radius 2 is 1.90 bits per heavy atom. The molecule has 0 aliphatic carbocycles. The number of hydrogen-bond donors (Lipinski definition) is 2. The first-order valence-electron chi connectivity index (χ1n) is 10.4. The van der Waals surface area contributed by atoms with Crippen LogP contribution in [0.15, 0.2) is 58.4 Å². The van der Waals surface area contributed by atoms with Gasteiger partial charge in [0.15, 0.2) is 15.8 Å². The number of guanidine groups is 1. The lowest BCUT2D eigenvalue weighted by Crippen LogP contribution is -2.44. The van der Waals surface area contributed by atoms with Crippen LogP contribution < -0.4 is 10.6 Å². The van der Waals surface area contributed by atoms with Crippen LogP contribution in [0.3, 0.4) is 0 Å². The summed E-state index contributed by atoms with van der Waals surface area (Å²) in [6, 6.07) is 16.5. The van der Waals surface area contributed by atoms with E-state index in [1.54, 1.807) is 13.1 Å². The molecule has 2 aromatic carbocycles. The maximum Gasteiger partial charge on any atom is 0.191 e. The maximum absolute atomic E-state index is 11.8. The van der Waals surface area contributed by atoms with Crippen LogP contribution in [-0.2, 0) is 22.9 Å². The summed E-state index contributed by atoms with van der Waals surface area (Å²) in [6.07, 6.45) is 3.64. The molecule has 1 aliphatic heterocycles. The monoisotopic (exact) mass is 428 g/mol. The number of likely N-dealkylation sites (tertiary alicyclic amines) is 1. The quantitative estimate of drug-likeness (QED) is 0.524. The standard InChI is InChI=1S/C23H32N4O2S/c1-18-14-20(11-12-22(18)30(3,28)29)15-25-23(24-2)26-16-21-10-7-13-27(21)17-19-8-5-4-6-9-19/h4-6,8-9,11-12,14,21H,7,10,13,15-17H2,1-3H3,(H2,24,25,26). The molecule has 1 aliphatic rings. The highest BCUT2D eigenvalue weighted by Crippen LogP contribution is 2.19. The third-order valence-electron chi connectivity index (χ3n) is 5.56. The largest absolute Gasteiger partial charge is 0.355 e. The van der Waals surface area contributed by atoms with E-state index in [1.165, 1.54) is 24.7 Å². The molecule has 0 saturated carbocycles. The van der Waals surface area contributed by atoms with E-state index in [0.29, 0.717) is 17.5 Å². The van der Waals surface area contributed by atoms with Crippen LogP contribution in [0, 0.1) is 6.92 Å². The maximum atomic E-state index is 11.8. The summed E-state index contributed by atoms with van der Waals surface area (Å²) in [5.41, 5.74) is 3.14. The molecule has 0 radical (unpaired) electrons. The van der Waals surface area contributed by atoms with Gasteiger partial charge in [-0.3, -0.25) is 9.89 Å². The lowest BCUT2D eigenvalue weighted by molar-refractivity contribution is 0.245. The van der Waals surface area contributed by atoms with Gasteiger partial charge in [-0.05, 0) is 49.1 Å². The number of sulfone groups is 1. The van der Waals surface area contributed by atoms with E-state index in [0.717, 1.165) is 36.7 Å². The van der Waals surface area contributed by atoms with Crippen molar-refractivity contribution in [3.8, 4) is 0 Å². The normalized spacial score (nSPS) is 17.8. The molecule has 1 saturated heterocycles. The second kappa shape index (κ2) is 10.1. The third kappa shape index (κ3) is 6.06. The van der Waals surface area contributed by atoms with Crippen LogP contribution >= 0.6 is 0 Å². The zero-order valence-corrected chi connectivity index (χ0v) is 18.9. The van der Waals surface area contributed by atoms with Crippen molar-refractivity contribution in [3.05, 3.63) is 65.2 Å². The van der Waals surface area contributed by atoms with E-state index < -0.39 is 9.84 Å². The van der Waals surface area contributed by atoms with Gasteiger partial charge in [0, 0.05) is 39.0 Å². The Bertz CT molecular complexity index is 974. The van der Waals surface area contributed by atoms with Gasteiger partial charge >= 0.3 is 0 Å². The lowest BCUT2D eigenvalue weighted by Gasteiger charge is -2.25. The summed E-state index contributed by atoms with van der Waals surface area (Å²) < 4.78 is 23.6. The molecular formula is C23H32N4O2S. The minimum atomic E-state index is -3.19. The summed E-state index contributed by atoms with van der Waals surface area (Å²) in [5.74, 6) is 0.756. The molecule has 3 rings (SSSR count). The van der Waals surface area contributed by atoms with Crippen LogP contribution in [0.25, 0.3) is 0 Å². The molecule has 0 bridgehead atoms. The van der Waals surface area contributed by atoms with Crippen LogP contribution in [-0.4, -0.2) is 51.7 Å². The number of aryl methyl sites for hydroxylation is 1. The highest BCUT2D eigenvalue weighted by Gasteiger charge is 2.24. The molecule has 30 heavy (non-hydrogen) atoms. The molecule has 0 amide bonds. The van der Waals surface area contributed by atoms with E-state index in [9.17, 15) is 8.42 Å². The number of benzene rings is 2. The second-order valence-corrected chi connectivity index (χ2v) is 9.91. The average Bonchev–Trinajstić information content (AvgIpc) is 3.15. The highest BCUT2D eigenvalue weighted by molar-refractivity contribution is 7.90. The van der Waals surface area contributed by atoms with Crippen LogP contribution in [0.2, 0.25) is 0 Å². The van der Waals surface area contributed by atoms with Gasteiger partial charge in [-0.15, -0.1) is 0 Å². The minimum absolute atomic E-state index is 0.383. The summed E-state index contributed by atoms with van der Waals surface area (Å²) in [7, 11) is -1.43. The van der Waals surface area contributed by atoms with Gasteiger partial charge in [-0.25, -0.2) is 8.42 Å². The van der Waals surface area contributed by atoms with Gasteiger partial charge in [-0.1, -0.05) is 42.5 Å². The van der Waals surface area contributed by atoms with Gasteiger partial charge in [0.1, 0.15) is 0 Å². The van der Waals surface area contributed by atoms with Crippen LogP contribution in [0.5, 0.6) is 0 Å². The first-order valence-corrected chi connectivity index (χ1v) is 12.3. The van der Waals surface area contributed by atoms with E-state index in [-0.39, 0.29) is 0 Å². The highest BCUT2D eigenvalue weighted by atomic mass is 32.2. The van der Waals surface area contributed by atoms with Crippen molar-refractivity contribution in [3.63, 3.8) is 0 Å². The van der Waals surface area contributed by atoms with E-state index in [1.807, 2.05) is 19.1 Å². The van der Waals surface area contributed by atoms with Gasteiger partial charge in [0.2, 0.25) is 0 Å². The first-order chi connectivity index (χ1) is 14.4. The minimum Gasteiger partial charge on any atom is -0.355 e. The van der Waals surface area contributed by atoms with Crippen molar-refractivity contribution in [1.29, 1.82) is 0 Å². The first kappa shape index (κ1) is 22.3. The van der Waals surface area contributed by atoms with Gasteiger partial charge in [0.05, 0.1) is 4.90 Å². The summed E-state index contributed by atoms with van der Waals surface area (Å²) in [4.78, 5) is 7.25. The average molecular weight is 429 g/mol. The molecule has 1 unspecified atom stereocenters. The molecule has 0 spiro atoms. The van der Waals surface area contributed by atoms with Crippen molar-refractivity contribution in [2.75, 3.05) is 26.4 Å². The Morgan fingerprint density at radius 1 is 1.13 bits per heavy atom. The number of rotatable bonds is 7. The van der Waals surface area contributed by atoms with Gasteiger partial charge < -0.3 is 10.6 Å². The molecule has 2 N–H and O–H groups in total. The van der Waals surface area contributed by atoms with Gasteiger partial charge in [-0.2, -0.15) is 0 Å². The molecule has 0 aromatic heterocycles. The Labute approximate surface area is 180 Å². The Balaban J connectivity index is 1.52. The number of nitrogens with zero attached hydrogens (tertiary/aromatic N) is 2. The van der Waals surface area contributed by atoms with Crippen molar-refractivity contribution in [1.82, 2.24) is 15.5 Å². The molecule has 2 aromatic rings. The predicted octanol–water partition coefficient (Wildman–Crippen LogP) is 2.73. The number of nitrogens with one attached hydrogen (secondary N) is 2. The number of hydrogen-bond acceptors (Lipinski definition) is 4. The molecule has 1 heterocycles. The molecule has 6 nitrogen and oxygen atoms in total. The SMILES string of the molecule is CN=C(NCc1ccc(S(C)(=O)=O)c(C)c1)NCC1CCCN1Cc1ccccc1. The van der Waals surface area contributed by atoms with E-state index in [4.69, 9.17) is 0 Å². The molecule has 7 heteroatoms. The van der Waals surface area contributed by atoms with Gasteiger partial charge in [0.25, 0.3) is 0 Å². The predicted molar refractivity (Wildman–Crippen MR) is 122 cm³/mol. The lowest BCUT2D eigenvalue weighted by atomic mass is 10.1. The summed E-state index contributed by atoms with van der Waals surface area (Å²) in [6.45, 7) is 5.36. The third-order valence-corrected chi connectivity index (χ3v) is 6.81. The summed E-state index contributed by atoms with van der Waals surface area (Å²) >= 11 is 0. The van der Waals surface area contributed by atoms with Crippen molar-refractivity contribution in [2.24, 2.45) is 4.99 Å². The molecule has 162 valence electrons. The van der Waals surface area contributed by atoms with Crippen molar-refractivity contribution >= 4 is 15.8 Å². The zero-order chi connectivity index (χ0) is 21.6. The smallest absolute Gasteiger partial charge is 0.191 e. The Morgan fingerprint density at radius 3 is 2.57 bits per heavy atom. The fraction of sp³-hybridized carbons (Fsp3) is 0.435. The fourth-order valence-corrected chi connectivity index (χ4v) is 4.97. The Hall–Kier alpha value is -2.38. The zero-order valence-electron chi connectivity index (χ0n) is 18.1. The topological polar surface area (TPSA) is 73.8 Å². The van der Waals surface area contributed by atoms with Crippen molar-refractivity contribution in [2.45, 2.75) is 43.8 Å². The van der Waals surface area contributed by atoms with Crippen molar-refractivity contribution < 1.29 is 8.42 Å². The van der Waals surface area contributed by atoms with Crippen LogP contribution in [0.1, 0.15) is 29.5 Å². The van der Waals surface area contributed by atoms with Crippen LogP contribution in [0.4, 0.5) is 0 Å². The summed E-state index contributed by atoms with van der Waals surface area (Å²) in [5, 5.41) is 6.78. The number of aliphatic imine (C=N–C) groups is 1. The second-order valence-electron chi connectivity index (χ2n) is 7.93. The molecule has 1 fully saturated rings. The van der Waals surface area contributed by atoms with E-state index >= 15 is 0 Å². The van der Waals surface area contributed by atoms with E-state index in [2.05, 4.69) is 50.9 Å². The molecular weight excluding hydrogens is 396 g/mol.